The maximum Gasteiger partial charge on any atom is 0.185 e. The number of aldehydes is 1. The molecule has 3 heteroatoms. The smallest absolute Gasteiger partial charge is 0.185 e. The zero-order chi connectivity index (χ0) is 12.4. The van der Waals surface area contributed by atoms with Crippen molar-refractivity contribution < 1.29 is 13.9 Å². The standard InChI is InChI=1S/C14H14O3/c1-9-6-11(7-10(2)14(9)16-3)12-4-5-17-13(12)8-15/h4-8H,1-3H3. The molecule has 0 fully saturated rings. The molecule has 3 nitrogen and oxygen atoms in total. The summed E-state index contributed by atoms with van der Waals surface area (Å²) in [6, 6.07) is 5.78. The van der Waals surface area contributed by atoms with Crippen molar-refractivity contribution in [2.45, 2.75) is 13.8 Å². The van der Waals surface area contributed by atoms with Gasteiger partial charge in [-0.25, -0.2) is 0 Å². The number of aryl methyl sites for hydroxylation is 2. The van der Waals surface area contributed by atoms with E-state index >= 15 is 0 Å². The fourth-order valence-electron chi connectivity index (χ4n) is 2.08. The third-order valence-corrected chi connectivity index (χ3v) is 2.78. The Bertz CT molecular complexity index is 529. The Labute approximate surface area is 100 Å². The van der Waals surface area contributed by atoms with Gasteiger partial charge in [-0.3, -0.25) is 4.79 Å². The molecule has 0 saturated carbocycles. The molecule has 2 rings (SSSR count). The molecule has 0 N–H and O–H groups in total. The van der Waals surface area contributed by atoms with Crippen LogP contribution in [0.2, 0.25) is 0 Å². The average Bonchev–Trinajstić information content (AvgIpc) is 2.76. The van der Waals surface area contributed by atoms with E-state index in [-0.39, 0.29) is 0 Å². The van der Waals surface area contributed by atoms with Crippen LogP contribution >= 0.6 is 0 Å². The van der Waals surface area contributed by atoms with Crippen LogP contribution in [0.25, 0.3) is 11.1 Å². The SMILES string of the molecule is COc1c(C)cc(-c2ccoc2C=O)cc1C. The topological polar surface area (TPSA) is 39.4 Å². The van der Waals surface area contributed by atoms with Crippen molar-refractivity contribution >= 4 is 6.29 Å². The highest BCUT2D eigenvalue weighted by molar-refractivity contribution is 5.84. The molecule has 0 atom stereocenters. The van der Waals surface area contributed by atoms with Crippen molar-refractivity contribution in [1.82, 2.24) is 0 Å². The zero-order valence-corrected chi connectivity index (χ0v) is 10.1. The van der Waals surface area contributed by atoms with Gasteiger partial charge in [-0.15, -0.1) is 0 Å². The van der Waals surface area contributed by atoms with Crippen molar-refractivity contribution in [3.8, 4) is 16.9 Å². The first-order valence-corrected chi connectivity index (χ1v) is 5.35. The van der Waals surface area contributed by atoms with E-state index in [0.29, 0.717) is 5.76 Å². The number of methoxy groups -OCH3 is 1. The highest BCUT2D eigenvalue weighted by Gasteiger charge is 2.11. The quantitative estimate of drug-likeness (QED) is 0.759. The van der Waals surface area contributed by atoms with E-state index in [1.807, 2.05) is 26.0 Å². The number of ether oxygens (including phenoxy) is 1. The molecular weight excluding hydrogens is 216 g/mol. The average molecular weight is 230 g/mol. The summed E-state index contributed by atoms with van der Waals surface area (Å²) in [5.41, 5.74) is 3.87. The van der Waals surface area contributed by atoms with Gasteiger partial charge in [-0.05, 0) is 48.7 Å². The largest absolute Gasteiger partial charge is 0.496 e. The Hall–Kier alpha value is -2.03. The van der Waals surface area contributed by atoms with E-state index in [2.05, 4.69) is 0 Å². The highest BCUT2D eigenvalue weighted by Crippen LogP contribution is 2.31. The molecule has 17 heavy (non-hydrogen) atoms. The summed E-state index contributed by atoms with van der Waals surface area (Å²) in [5.74, 6) is 1.24. The number of hydrogen-bond acceptors (Lipinski definition) is 3. The van der Waals surface area contributed by atoms with Gasteiger partial charge in [0.15, 0.2) is 12.0 Å². The monoisotopic (exact) mass is 230 g/mol. The summed E-state index contributed by atoms with van der Waals surface area (Å²) in [6.07, 6.45) is 2.25. The summed E-state index contributed by atoms with van der Waals surface area (Å²) in [5, 5.41) is 0. The maximum atomic E-state index is 10.8. The molecule has 0 aliphatic heterocycles. The number of carbonyl (C=O) groups excluding carboxylic acids is 1. The van der Waals surface area contributed by atoms with Crippen LogP contribution in [0.15, 0.2) is 28.9 Å². The fourth-order valence-corrected chi connectivity index (χ4v) is 2.08. The van der Waals surface area contributed by atoms with Gasteiger partial charge < -0.3 is 9.15 Å². The van der Waals surface area contributed by atoms with Crippen LogP contribution in [0.5, 0.6) is 5.75 Å². The van der Waals surface area contributed by atoms with Gasteiger partial charge in [-0.1, -0.05) is 0 Å². The normalized spacial score (nSPS) is 10.3. The number of hydrogen-bond donors (Lipinski definition) is 0. The van der Waals surface area contributed by atoms with Crippen molar-refractivity contribution in [2.24, 2.45) is 0 Å². The van der Waals surface area contributed by atoms with Gasteiger partial charge in [0, 0.05) is 5.56 Å². The Morgan fingerprint density at radius 3 is 2.41 bits per heavy atom. The van der Waals surface area contributed by atoms with Crippen molar-refractivity contribution in [3.63, 3.8) is 0 Å². The highest BCUT2D eigenvalue weighted by atomic mass is 16.5. The van der Waals surface area contributed by atoms with Gasteiger partial charge in [0.25, 0.3) is 0 Å². The molecule has 0 unspecified atom stereocenters. The minimum absolute atomic E-state index is 0.356. The molecule has 0 aliphatic carbocycles. The lowest BCUT2D eigenvalue weighted by molar-refractivity contribution is 0.110. The molecule has 0 spiro atoms. The molecular formula is C14H14O3. The lowest BCUT2D eigenvalue weighted by Crippen LogP contribution is -1.92. The van der Waals surface area contributed by atoms with E-state index in [1.54, 1.807) is 13.2 Å². The van der Waals surface area contributed by atoms with Gasteiger partial charge in [-0.2, -0.15) is 0 Å². The summed E-state index contributed by atoms with van der Waals surface area (Å²) in [6.45, 7) is 3.96. The Morgan fingerprint density at radius 1 is 1.24 bits per heavy atom. The first-order valence-electron chi connectivity index (χ1n) is 5.35. The Balaban J connectivity index is 2.58. The molecule has 0 saturated heterocycles. The molecule has 0 bridgehead atoms. The molecule has 1 aromatic heterocycles. The summed E-state index contributed by atoms with van der Waals surface area (Å²) >= 11 is 0. The number of rotatable bonds is 3. The first-order chi connectivity index (χ1) is 8.17. The van der Waals surface area contributed by atoms with E-state index in [0.717, 1.165) is 34.3 Å². The first kappa shape index (κ1) is 11.5. The van der Waals surface area contributed by atoms with Crippen LogP contribution in [-0.4, -0.2) is 13.4 Å². The predicted molar refractivity (Wildman–Crippen MR) is 65.6 cm³/mol. The number of furan rings is 1. The lowest BCUT2D eigenvalue weighted by atomic mass is 10.0. The second kappa shape index (κ2) is 4.45. The van der Waals surface area contributed by atoms with Crippen LogP contribution in [0.4, 0.5) is 0 Å². The van der Waals surface area contributed by atoms with Crippen LogP contribution in [0, 0.1) is 13.8 Å². The Kier molecular flexibility index (Phi) is 3.00. The van der Waals surface area contributed by atoms with Gasteiger partial charge in [0.2, 0.25) is 0 Å². The molecule has 0 aliphatic rings. The molecule has 1 heterocycles. The minimum atomic E-state index is 0.356. The summed E-state index contributed by atoms with van der Waals surface area (Å²) in [4.78, 5) is 10.8. The predicted octanol–water partition coefficient (Wildman–Crippen LogP) is 3.38. The second-order valence-corrected chi connectivity index (χ2v) is 3.96. The molecule has 1 aromatic carbocycles. The van der Waals surface area contributed by atoms with Crippen molar-refractivity contribution in [1.29, 1.82) is 0 Å². The van der Waals surface area contributed by atoms with Gasteiger partial charge in [0.05, 0.1) is 13.4 Å². The summed E-state index contributed by atoms with van der Waals surface area (Å²) in [7, 11) is 1.66. The van der Waals surface area contributed by atoms with Gasteiger partial charge >= 0.3 is 0 Å². The van der Waals surface area contributed by atoms with Crippen LogP contribution < -0.4 is 4.74 Å². The van der Waals surface area contributed by atoms with E-state index in [9.17, 15) is 4.79 Å². The molecule has 88 valence electrons. The van der Waals surface area contributed by atoms with Crippen molar-refractivity contribution in [2.75, 3.05) is 7.11 Å². The van der Waals surface area contributed by atoms with E-state index < -0.39 is 0 Å². The van der Waals surface area contributed by atoms with Crippen LogP contribution in [0.3, 0.4) is 0 Å². The Morgan fingerprint density at radius 2 is 1.88 bits per heavy atom. The third-order valence-electron chi connectivity index (χ3n) is 2.78. The van der Waals surface area contributed by atoms with E-state index in [4.69, 9.17) is 9.15 Å². The van der Waals surface area contributed by atoms with E-state index in [1.165, 1.54) is 6.26 Å². The van der Waals surface area contributed by atoms with Crippen molar-refractivity contribution in [3.05, 3.63) is 41.3 Å². The maximum absolute atomic E-state index is 10.8. The number of benzene rings is 1. The lowest BCUT2D eigenvalue weighted by Gasteiger charge is -2.10. The van der Waals surface area contributed by atoms with Crippen LogP contribution in [-0.2, 0) is 0 Å². The fraction of sp³-hybridized carbons (Fsp3) is 0.214. The third kappa shape index (κ3) is 1.96. The second-order valence-electron chi connectivity index (χ2n) is 3.96. The molecule has 0 radical (unpaired) electrons. The van der Waals surface area contributed by atoms with Crippen LogP contribution in [0.1, 0.15) is 21.7 Å². The van der Waals surface area contributed by atoms with Gasteiger partial charge in [0.1, 0.15) is 5.75 Å². The zero-order valence-electron chi connectivity index (χ0n) is 10.1. The molecule has 0 amide bonds. The minimum Gasteiger partial charge on any atom is -0.496 e. The molecule has 2 aromatic rings. The number of carbonyl (C=O) groups is 1. The summed E-state index contributed by atoms with van der Waals surface area (Å²) < 4.78 is 10.4.